The van der Waals surface area contributed by atoms with E-state index in [4.69, 9.17) is 5.11 Å². The zero-order valence-corrected chi connectivity index (χ0v) is 10.7. The number of carboxylic acids is 1. The van der Waals surface area contributed by atoms with Gasteiger partial charge in [0.15, 0.2) is 0 Å². The standard InChI is InChI=1S/C14H16FNO3/c1-9-7-10(15)4-5-12(9)14(19)16-6-2-3-11(16)8-13(17)18/h4-5,7,11H,2-3,6,8H2,1H3,(H,17,18). The maximum Gasteiger partial charge on any atom is 0.305 e. The molecule has 102 valence electrons. The van der Waals surface area contributed by atoms with Gasteiger partial charge in [0.05, 0.1) is 6.42 Å². The largest absolute Gasteiger partial charge is 0.481 e. The zero-order chi connectivity index (χ0) is 14.0. The van der Waals surface area contributed by atoms with Crippen LogP contribution in [0.3, 0.4) is 0 Å². The lowest BCUT2D eigenvalue weighted by atomic mass is 10.1. The van der Waals surface area contributed by atoms with Crippen LogP contribution in [-0.4, -0.2) is 34.5 Å². The SMILES string of the molecule is Cc1cc(F)ccc1C(=O)N1CCCC1CC(=O)O. The first-order valence-corrected chi connectivity index (χ1v) is 6.28. The van der Waals surface area contributed by atoms with E-state index in [2.05, 4.69) is 0 Å². The molecule has 1 heterocycles. The zero-order valence-electron chi connectivity index (χ0n) is 10.7. The number of rotatable bonds is 3. The van der Waals surface area contributed by atoms with Crippen LogP contribution in [0.25, 0.3) is 0 Å². The van der Waals surface area contributed by atoms with Crippen molar-refractivity contribution in [3.8, 4) is 0 Å². The van der Waals surface area contributed by atoms with E-state index in [0.29, 0.717) is 24.1 Å². The average molecular weight is 265 g/mol. The summed E-state index contributed by atoms with van der Waals surface area (Å²) in [6.45, 7) is 2.24. The van der Waals surface area contributed by atoms with Gasteiger partial charge in [-0.3, -0.25) is 9.59 Å². The molecule has 1 aromatic rings. The van der Waals surface area contributed by atoms with Gasteiger partial charge in [-0.05, 0) is 43.5 Å². The van der Waals surface area contributed by atoms with E-state index < -0.39 is 5.97 Å². The van der Waals surface area contributed by atoms with Crippen molar-refractivity contribution in [1.82, 2.24) is 4.90 Å². The Morgan fingerprint density at radius 2 is 2.21 bits per heavy atom. The Balaban J connectivity index is 2.20. The Hall–Kier alpha value is -1.91. The van der Waals surface area contributed by atoms with Gasteiger partial charge in [-0.25, -0.2) is 4.39 Å². The number of carbonyl (C=O) groups excluding carboxylic acids is 1. The van der Waals surface area contributed by atoms with E-state index in [1.807, 2.05) is 0 Å². The number of hydrogen-bond acceptors (Lipinski definition) is 2. The minimum absolute atomic E-state index is 0.0357. The fraction of sp³-hybridized carbons (Fsp3) is 0.429. The van der Waals surface area contributed by atoms with Crippen LogP contribution in [0.2, 0.25) is 0 Å². The predicted octanol–water partition coefficient (Wildman–Crippen LogP) is 2.21. The predicted molar refractivity (Wildman–Crippen MR) is 67.4 cm³/mol. The van der Waals surface area contributed by atoms with Crippen molar-refractivity contribution in [3.05, 3.63) is 35.1 Å². The summed E-state index contributed by atoms with van der Waals surface area (Å²) in [7, 11) is 0. The molecule has 5 heteroatoms. The third kappa shape index (κ3) is 2.92. The van der Waals surface area contributed by atoms with Gasteiger partial charge < -0.3 is 10.0 Å². The Morgan fingerprint density at radius 3 is 2.84 bits per heavy atom. The fourth-order valence-electron chi connectivity index (χ4n) is 2.54. The Labute approximate surface area is 110 Å². The normalized spacial score (nSPS) is 18.6. The molecule has 1 amide bonds. The number of likely N-dealkylation sites (tertiary alicyclic amines) is 1. The van der Waals surface area contributed by atoms with Crippen molar-refractivity contribution in [1.29, 1.82) is 0 Å². The molecule has 4 nitrogen and oxygen atoms in total. The number of benzene rings is 1. The number of amides is 1. The molecule has 1 aliphatic heterocycles. The van der Waals surface area contributed by atoms with Crippen LogP contribution in [0, 0.1) is 12.7 Å². The highest BCUT2D eigenvalue weighted by Crippen LogP contribution is 2.24. The first-order chi connectivity index (χ1) is 8.99. The summed E-state index contributed by atoms with van der Waals surface area (Å²) < 4.78 is 13.0. The van der Waals surface area contributed by atoms with Gasteiger partial charge in [-0.2, -0.15) is 0 Å². The van der Waals surface area contributed by atoms with E-state index >= 15 is 0 Å². The lowest BCUT2D eigenvalue weighted by Gasteiger charge is -2.24. The van der Waals surface area contributed by atoms with E-state index in [1.54, 1.807) is 11.8 Å². The summed E-state index contributed by atoms with van der Waals surface area (Å²) >= 11 is 0. The molecule has 1 N–H and O–H groups in total. The van der Waals surface area contributed by atoms with Crippen molar-refractivity contribution < 1.29 is 19.1 Å². The summed E-state index contributed by atoms with van der Waals surface area (Å²) in [5.74, 6) is -1.49. The maximum absolute atomic E-state index is 13.0. The molecular formula is C14H16FNO3. The minimum atomic E-state index is -0.902. The highest BCUT2D eigenvalue weighted by molar-refractivity contribution is 5.96. The molecule has 1 fully saturated rings. The molecule has 0 bridgehead atoms. The number of aryl methyl sites for hydroxylation is 1. The number of nitrogens with zero attached hydrogens (tertiary/aromatic N) is 1. The number of carbonyl (C=O) groups is 2. The van der Waals surface area contributed by atoms with Gasteiger partial charge in [-0.15, -0.1) is 0 Å². The van der Waals surface area contributed by atoms with Crippen LogP contribution in [0.1, 0.15) is 35.2 Å². The number of halogens is 1. The average Bonchev–Trinajstić information content (AvgIpc) is 2.75. The van der Waals surface area contributed by atoms with E-state index in [0.717, 1.165) is 6.42 Å². The number of hydrogen-bond donors (Lipinski definition) is 1. The van der Waals surface area contributed by atoms with Crippen LogP contribution in [0.4, 0.5) is 4.39 Å². The second-order valence-electron chi connectivity index (χ2n) is 4.85. The highest BCUT2D eigenvalue weighted by Gasteiger charge is 2.31. The van der Waals surface area contributed by atoms with Crippen molar-refractivity contribution in [3.63, 3.8) is 0 Å². The van der Waals surface area contributed by atoms with Gasteiger partial charge in [0.25, 0.3) is 5.91 Å². The monoisotopic (exact) mass is 265 g/mol. The number of aliphatic carboxylic acids is 1. The molecule has 19 heavy (non-hydrogen) atoms. The third-order valence-electron chi connectivity index (χ3n) is 3.47. The van der Waals surface area contributed by atoms with Gasteiger partial charge in [0.2, 0.25) is 0 Å². The van der Waals surface area contributed by atoms with Crippen molar-refractivity contribution in [2.75, 3.05) is 6.54 Å². The summed E-state index contributed by atoms with van der Waals surface area (Å²) in [4.78, 5) is 24.8. The van der Waals surface area contributed by atoms with Gasteiger partial charge in [0.1, 0.15) is 5.82 Å². The molecule has 0 radical (unpaired) electrons. The van der Waals surface area contributed by atoms with Crippen LogP contribution >= 0.6 is 0 Å². The van der Waals surface area contributed by atoms with E-state index in [9.17, 15) is 14.0 Å². The summed E-state index contributed by atoms with van der Waals surface area (Å²) in [5.41, 5.74) is 1.02. The molecular weight excluding hydrogens is 249 g/mol. The molecule has 1 aromatic carbocycles. The van der Waals surface area contributed by atoms with Crippen molar-refractivity contribution in [2.24, 2.45) is 0 Å². The lowest BCUT2D eigenvalue weighted by Crippen LogP contribution is -2.37. The smallest absolute Gasteiger partial charge is 0.305 e. The Bertz CT molecular complexity index is 515. The van der Waals surface area contributed by atoms with Crippen molar-refractivity contribution >= 4 is 11.9 Å². The van der Waals surface area contributed by atoms with Gasteiger partial charge >= 0.3 is 5.97 Å². The molecule has 1 atom stereocenters. The second-order valence-corrected chi connectivity index (χ2v) is 4.85. The topological polar surface area (TPSA) is 57.6 Å². The summed E-state index contributed by atoms with van der Waals surface area (Å²) in [6.07, 6.45) is 1.48. The Kier molecular flexibility index (Phi) is 3.83. The Morgan fingerprint density at radius 1 is 1.47 bits per heavy atom. The molecule has 1 saturated heterocycles. The molecule has 0 aliphatic carbocycles. The first-order valence-electron chi connectivity index (χ1n) is 6.28. The van der Waals surface area contributed by atoms with Crippen LogP contribution < -0.4 is 0 Å². The number of carboxylic acid groups (broad SMARTS) is 1. The summed E-state index contributed by atoms with van der Waals surface area (Å²) in [5, 5.41) is 8.85. The first kappa shape index (κ1) is 13.5. The molecule has 0 aromatic heterocycles. The summed E-state index contributed by atoms with van der Waals surface area (Å²) in [6, 6.07) is 3.77. The molecule has 0 spiro atoms. The maximum atomic E-state index is 13.0. The minimum Gasteiger partial charge on any atom is -0.481 e. The third-order valence-corrected chi connectivity index (χ3v) is 3.47. The lowest BCUT2D eigenvalue weighted by molar-refractivity contribution is -0.137. The molecule has 0 saturated carbocycles. The van der Waals surface area contributed by atoms with E-state index in [-0.39, 0.29) is 24.2 Å². The second kappa shape index (κ2) is 5.38. The van der Waals surface area contributed by atoms with Gasteiger partial charge in [0, 0.05) is 18.2 Å². The molecule has 1 unspecified atom stereocenters. The van der Waals surface area contributed by atoms with Crippen LogP contribution in [0.5, 0.6) is 0 Å². The van der Waals surface area contributed by atoms with Crippen molar-refractivity contribution in [2.45, 2.75) is 32.2 Å². The molecule has 1 aliphatic rings. The quantitative estimate of drug-likeness (QED) is 0.911. The molecule has 2 rings (SSSR count). The van der Waals surface area contributed by atoms with E-state index in [1.165, 1.54) is 18.2 Å². The van der Waals surface area contributed by atoms with Crippen LogP contribution in [-0.2, 0) is 4.79 Å². The fourth-order valence-corrected chi connectivity index (χ4v) is 2.54. The van der Waals surface area contributed by atoms with Gasteiger partial charge in [-0.1, -0.05) is 0 Å². The highest BCUT2D eigenvalue weighted by atomic mass is 19.1. The van der Waals surface area contributed by atoms with Crippen LogP contribution in [0.15, 0.2) is 18.2 Å².